The molecular weight excluding hydrogens is 286 g/mol. The first-order chi connectivity index (χ1) is 11.3. The van der Waals surface area contributed by atoms with Crippen LogP contribution >= 0.6 is 0 Å². The fourth-order valence-corrected chi connectivity index (χ4v) is 2.76. The number of hydrogen-bond acceptors (Lipinski definition) is 3. The molecule has 0 unspecified atom stereocenters. The SMILES string of the molecule is O=C=Nc1ccccc1C(O)(c1ccccc1)c1ccccc1. The van der Waals surface area contributed by atoms with Crippen LogP contribution in [0.4, 0.5) is 5.69 Å². The van der Waals surface area contributed by atoms with Gasteiger partial charge in [0.25, 0.3) is 0 Å². The second-order valence-electron chi connectivity index (χ2n) is 5.16. The van der Waals surface area contributed by atoms with Gasteiger partial charge in [-0.3, -0.25) is 0 Å². The molecule has 0 aliphatic heterocycles. The van der Waals surface area contributed by atoms with Gasteiger partial charge in [0, 0.05) is 5.56 Å². The fourth-order valence-electron chi connectivity index (χ4n) is 2.76. The lowest BCUT2D eigenvalue weighted by Crippen LogP contribution is -2.28. The smallest absolute Gasteiger partial charge is 0.240 e. The maximum absolute atomic E-state index is 11.6. The van der Waals surface area contributed by atoms with Crippen molar-refractivity contribution < 1.29 is 9.90 Å². The summed E-state index contributed by atoms with van der Waals surface area (Å²) >= 11 is 0. The van der Waals surface area contributed by atoms with E-state index < -0.39 is 5.60 Å². The van der Waals surface area contributed by atoms with Gasteiger partial charge in [-0.15, -0.1) is 0 Å². The Bertz CT molecular complexity index is 798. The Balaban J connectivity index is 2.32. The number of benzene rings is 3. The van der Waals surface area contributed by atoms with Crippen molar-refractivity contribution in [3.8, 4) is 0 Å². The van der Waals surface area contributed by atoms with Crippen LogP contribution in [0.3, 0.4) is 0 Å². The third-order valence-corrected chi connectivity index (χ3v) is 3.84. The van der Waals surface area contributed by atoms with Gasteiger partial charge in [0.2, 0.25) is 6.08 Å². The van der Waals surface area contributed by atoms with E-state index in [4.69, 9.17) is 0 Å². The van der Waals surface area contributed by atoms with E-state index in [2.05, 4.69) is 4.99 Å². The molecule has 3 rings (SSSR count). The van der Waals surface area contributed by atoms with Crippen LogP contribution in [0.1, 0.15) is 16.7 Å². The van der Waals surface area contributed by atoms with E-state index in [1.54, 1.807) is 24.3 Å². The van der Waals surface area contributed by atoms with Crippen molar-refractivity contribution in [1.29, 1.82) is 0 Å². The van der Waals surface area contributed by atoms with Crippen LogP contribution in [0, 0.1) is 0 Å². The van der Waals surface area contributed by atoms with Gasteiger partial charge >= 0.3 is 0 Å². The zero-order valence-electron chi connectivity index (χ0n) is 12.4. The molecule has 0 bridgehead atoms. The number of rotatable bonds is 4. The van der Waals surface area contributed by atoms with Crippen molar-refractivity contribution in [1.82, 2.24) is 0 Å². The minimum atomic E-state index is -1.40. The molecule has 0 atom stereocenters. The highest BCUT2D eigenvalue weighted by atomic mass is 16.3. The normalized spacial score (nSPS) is 10.8. The van der Waals surface area contributed by atoms with Crippen LogP contribution < -0.4 is 0 Å². The Hall–Kier alpha value is -3.00. The van der Waals surface area contributed by atoms with Crippen molar-refractivity contribution in [2.45, 2.75) is 5.60 Å². The summed E-state index contributed by atoms with van der Waals surface area (Å²) < 4.78 is 0. The van der Waals surface area contributed by atoms with Crippen molar-refractivity contribution >= 4 is 11.8 Å². The second kappa shape index (κ2) is 6.41. The highest BCUT2D eigenvalue weighted by Crippen LogP contribution is 2.40. The molecule has 0 aliphatic rings. The second-order valence-corrected chi connectivity index (χ2v) is 5.16. The van der Waals surface area contributed by atoms with Crippen LogP contribution in [0.25, 0.3) is 0 Å². The van der Waals surface area contributed by atoms with E-state index in [0.29, 0.717) is 22.4 Å². The molecule has 0 spiro atoms. The third-order valence-electron chi connectivity index (χ3n) is 3.84. The fraction of sp³-hybridized carbons (Fsp3) is 0.0500. The topological polar surface area (TPSA) is 49.7 Å². The van der Waals surface area contributed by atoms with Gasteiger partial charge < -0.3 is 5.11 Å². The molecule has 0 radical (unpaired) electrons. The molecule has 3 aromatic carbocycles. The van der Waals surface area contributed by atoms with Crippen molar-refractivity contribution in [2.75, 3.05) is 0 Å². The number of carbonyl (C=O) groups excluding carboxylic acids is 1. The molecule has 3 heteroatoms. The zero-order chi connectivity index (χ0) is 16.1. The van der Waals surface area contributed by atoms with Gasteiger partial charge in [-0.25, -0.2) is 4.79 Å². The summed E-state index contributed by atoms with van der Waals surface area (Å²) in [7, 11) is 0. The quantitative estimate of drug-likeness (QED) is 0.451. The van der Waals surface area contributed by atoms with Crippen LogP contribution in [-0.2, 0) is 10.4 Å². The van der Waals surface area contributed by atoms with E-state index in [1.807, 2.05) is 66.7 Å². The Morgan fingerprint density at radius 3 is 1.74 bits per heavy atom. The molecule has 0 aromatic heterocycles. The van der Waals surface area contributed by atoms with Gasteiger partial charge in [0.1, 0.15) is 5.60 Å². The third kappa shape index (κ3) is 2.71. The van der Waals surface area contributed by atoms with Gasteiger partial charge in [0.15, 0.2) is 0 Å². The molecule has 3 nitrogen and oxygen atoms in total. The number of para-hydroxylation sites is 1. The van der Waals surface area contributed by atoms with Gasteiger partial charge in [0.05, 0.1) is 5.69 Å². The van der Waals surface area contributed by atoms with Crippen LogP contribution in [-0.4, -0.2) is 11.2 Å². The summed E-state index contributed by atoms with van der Waals surface area (Å²) in [5, 5.41) is 11.6. The molecule has 0 heterocycles. The predicted octanol–water partition coefficient (Wildman–Crippen LogP) is 3.94. The number of hydrogen-bond donors (Lipinski definition) is 1. The molecular formula is C20H15NO2. The average molecular weight is 301 g/mol. The standard InChI is InChI=1S/C20H15NO2/c22-15-21-19-14-8-7-13-18(19)20(23,16-9-3-1-4-10-16)17-11-5-2-6-12-17/h1-14,23H. The minimum absolute atomic E-state index is 0.401. The molecule has 0 aliphatic carbocycles. The highest BCUT2D eigenvalue weighted by molar-refractivity contribution is 5.61. The van der Waals surface area contributed by atoms with Gasteiger partial charge in [-0.05, 0) is 17.2 Å². The van der Waals surface area contributed by atoms with Crippen molar-refractivity contribution in [2.24, 2.45) is 4.99 Å². The van der Waals surface area contributed by atoms with Crippen molar-refractivity contribution in [3.63, 3.8) is 0 Å². The first-order valence-corrected chi connectivity index (χ1v) is 7.27. The summed E-state index contributed by atoms with van der Waals surface area (Å²) in [5.41, 5.74) is 0.956. The van der Waals surface area contributed by atoms with Crippen LogP contribution in [0.2, 0.25) is 0 Å². The Labute approximate surface area is 134 Å². The van der Waals surface area contributed by atoms with E-state index >= 15 is 0 Å². The monoisotopic (exact) mass is 301 g/mol. The molecule has 3 aromatic rings. The van der Waals surface area contributed by atoms with Crippen molar-refractivity contribution in [3.05, 3.63) is 102 Å². The molecule has 0 saturated carbocycles. The highest BCUT2D eigenvalue weighted by Gasteiger charge is 2.35. The lowest BCUT2D eigenvalue weighted by Gasteiger charge is -2.30. The first-order valence-electron chi connectivity index (χ1n) is 7.27. The number of aliphatic hydroxyl groups is 1. The molecule has 112 valence electrons. The largest absolute Gasteiger partial charge is 0.376 e. The lowest BCUT2D eigenvalue weighted by atomic mass is 9.79. The van der Waals surface area contributed by atoms with E-state index in [-0.39, 0.29) is 0 Å². The van der Waals surface area contributed by atoms with E-state index in [9.17, 15) is 9.90 Å². The zero-order valence-corrected chi connectivity index (χ0v) is 12.4. The molecule has 1 N–H and O–H groups in total. The van der Waals surface area contributed by atoms with Gasteiger partial charge in [-0.1, -0.05) is 78.9 Å². The van der Waals surface area contributed by atoms with Crippen LogP contribution in [0.15, 0.2) is 89.9 Å². The maximum atomic E-state index is 11.6. The summed E-state index contributed by atoms with van der Waals surface area (Å²) in [4.78, 5) is 14.5. The minimum Gasteiger partial charge on any atom is -0.376 e. The van der Waals surface area contributed by atoms with Crippen LogP contribution in [0.5, 0.6) is 0 Å². The first kappa shape index (κ1) is 14.9. The summed E-state index contributed by atoms with van der Waals surface area (Å²) in [6, 6.07) is 25.7. The lowest BCUT2D eigenvalue weighted by molar-refractivity contribution is 0.126. The predicted molar refractivity (Wildman–Crippen MR) is 89.2 cm³/mol. The summed E-state index contributed by atoms with van der Waals surface area (Å²) in [5.74, 6) is 0. The molecule has 23 heavy (non-hydrogen) atoms. The summed E-state index contributed by atoms with van der Waals surface area (Å²) in [6.45, 7) is 0. The average Bonchev–Trinajstić information content (AvgIpc) is 2.63. The molecule has 0 amide bonds. The summed E-state index contributed by atoms with van der Waals surface area (Å²) in [6.07, 6.45) is 1.56. The molecule has 0 fully saturated rings. The van der Waals surface area contributed by atoms with E-state index in [1.165, 1.54) is 0 Å². The van der Waals surface area contributed by atoms with E-state index in [0.717, 1.165) is 0 Å². The Morgan fingerprint density at radius 1 is 0.739 bits per heavy atom. The Morgan fingerprint density at radius 2 is 1.22 bits per heavy atom. The number of aliphatic imine (C=N–C) groups is 1. The number of isocyanates is 1. The molecule has 0 saturated heterocycles. The number of nitrogens with zero attached hydrogens (tertiary/aromatic N) is 1. The Kier molecular flexibility index (Phi) is 4.15. The maximum Gasteiger partial charge on any atom is 0.240 e. The van der Waals surface area contributed by atoms with Gasteiger partial charge in [-0.2, -0.15) is 4.99 Å².